The van der Waals surface area contributed by atoms with Crippen molar-refractivity contribution in [3.63, 3.8) is 0 Å². The van der Waals surface area contributed by atoms with E-state index in [0.717, 1.165) is 0 Å². The second kappa shape index (κ2) is 5.23. The molecule has 0 aliphatic carbocycles. The topological polar surface area (TPSA) is 67.8 Å². The molecule has 4 heteroatoms. The lowest BCUT2D eigenvalue weighted by Gasteiger charge is -1.98. The van der Waals surface area contributed by atoms with Gasteiger partial charge in [-0.2, -0.15) is 5.11 Å². The molecule has 0 atom stereocenters. The van der Waals surface area contributed by atoms with Gasteiger partial charge in [0.15, 0.2) is 5.78 Å². The number of para-hydroxylation sites is 1. The first-order valence-corrected chi connectivity index (χ1v) is 5.54. The zero-order chi connectivity index (χ0) is 13.0. The maximum absolute atomic E-state index is 11.2. The van der Waals surface area contributed by atoms with Gasteiger partial charge in [-0.25, -0.2) is 0 Å². The molecule has 0 unspecified atom stereocenters. The van der Waals surface area contributed by atoms with E-state index in [1.165, 1.54) is 6.92 Å². The second-order valence-corrected chi connectivity index (χ2v) is 3.87. The number of nitrogens with zero attached hydrogens (tertiary/aromatic N) is 2. The number of anilines is 1. The highest BCUT2D eigenvalue weighted by atomic mass is 16.1. The van der Waals surface area contributed by atoms with Gasteiger partial charge in [0.2, 0.25) is 0 Å². The Hall–Kier alpha value is -2.49. The van der Waals surface area contributed by atoms with Gasteiger partial charge in [-0.1, -0.05) is 24.3 Å². The molecule has 0 aliphatic heterocycles. The lowest BCUT2D eigenvalue weighted by Crippen LogP contribution is -1.89. The molecule has 0 saturated carbocycles. The summed E-state index contributed by atoms with van der Waals surface area (Å²) >= 11 is 0. The lowest BCUT2D eigenvalue weighted by atomic mass is 10.1. The number of carbonyl (C=O) groups is 1. The third-order valence-electron chi connectivity index (χ3n) is 2.46. The molecule has 0 fully saturated rings. The molecule has 2 N–H and O–H groups in total. The van der Waals surface area contributed by atoms with E-state index in [1.54, 1.807) is 36.4 Å². The van der Waals surface area contributed by atoms with Crippen molar-refractivity contribution in [3.05, 3.63) is 54.1 Å². The zero-order valence-corrected chi connectivity index (χ0v) is 10.00. The van der Waals surface area contributed by atoms with Crippen molar-refractivity contribution >= 4 is 22.8 Å². The molecule has 0 aliphatic rings. The molecule has 2 aromatic rings. The molecule has 2 aromatic carbocycles. The molecule has 2 rings (SSSR count). The number of benzene rings is 2. The van der Waals surface area contributed by atoms with Crippen LogP contribution in [0.3, 0.4) is 0 Å². The van der Waals surface area contributed by atoms with Crippen LogP contribution in [-0.2, 0) is 0 Å². The first kappa shape index (κ1) is 12.0. The molecule has 0 heterocycles. The normalized spacial score (nSPS) is 10.7. The summed E-state index contributed by atoms with van der Waals surface area (Å²) < 4.78 is 0. The largest absolute Gasteiger partial charge is 0.397 e. The van der Waals surface area contributed by atoms with E-state index in [0.29, 0.717) is 22.6 Å². The van der Waals surface area contributed by atoms with E-state index in [4.69, 9.17) is 5.73 Å². The predicted octanol–water partition coefficient (Wildman–Crippen LogP) is 3.89. The Labute approximate surface area is 105 Å². The summed E-state index contributed by atoms with van der Waals surface area (Å²) in [4.78, 5) is 11.2. The molecule has 0 radical (unpaired) electrons. The Morgan fingerprint density at radius 1 is 1.06 bits per heavy atom. The smallest absolute Gasteiger partial charge is 0.159 e. The Bertz CT molecular complexity index is 605. The Morgan fingerprint density at radius 3 is 2.56 bits per heavy atom. The minimum atomic E-state index is 0.00581. The van der Waals surface area contributed by atoms with Gasteiger partial charge in [-0.15, -0.1) is 5.11 Å². The van der Waals surface area contributed by atoms with E-state index in [1.807, 2.05) is 12.1 Å². The van der Waals surface area contributed by atoms with E-state index in [2.05, 4.69) is 10.2 Å². The summed E-state index contributed by atoms with van der Waals surface area (Å²) in [5, 5.41) is 8.14. The molecule has 0 saturated heterocycles. The maximum atomic E-state index is 11.2. The van der Waals surface area contributed by atoms with Crippen molar-refractivity contribution in [2.24, 2.45) is 10.2 Å². The van der Waals surface area contributed by atoms with Crippen LogP contribution in [-0.4, -0.2) is 5.78 Å². The van der Waals surface area contributed by atoms with Gasteiger partial charge in [0.05, 0.1) is 11.4 Å². The van der Waals surface area contributed by atoms with Gasteiger partial charge in [-0.3, -0.25) is 4.79 Å². The van der Waals surface area contributed by atoms with Crippen LogP contribution in [0.5, 0.6) is 0 Å². The van der Waals surface area contributed by atoms with Gasteiger partial charge in [0.1, 0.15) is 5.69 Å². The molecular formula is C14H13N3O. The van der Waals surface area contributed by atoms with Crippen LogP contribution in [0.2, 0.25) is 0 Å². The molecule has 90 valence electrons. The molecule has 4 nitrogen and oxygen atoms in total. The fraction of sp³-hybridized carbons (Fsp3) is 0.0714. The van der Waals surface area contributed by atoms with E-state index >= 15 is 0 Å². The highest BCUT2D eigenvalue weighted by molar-refractivity contribution is 5.94. The molecule has 0 aromatic heterocycles. The third kappa shape index (κ3) is 2.79. The summed E-state index contributed by atoms with van der Waals surface area (Å²) in [5.41, 5.74) is 8.19. The minimum absolute atomic E-state index is 0.00581. The average molecular weight is 239 g/mol. The van der Waals surface area contributed by atoms with Crippen molar-refractivity contribution in [3.8, 4) is 0 Å². The predicted molar refractivity (Wildman–Crippen MR) is 71.5 cm³/mol. The number of ketones is 1. The summed E-state index contributed by atoms with van der Waals surface area (Å²) in [7, 11) is 0. The van der Waals surface area contributed by atoms with Crippen LogP contribution in [0.15, 0.2) is 58.8 Å². The number of carbonyl (C=O) groups excluding carboxylic acids is 1. The van der Waals surface area contributed by atoms with E-state index < -0.39 is 0 Å². The molecule has 0 bridgehead atoms. The van der Waals surface area contributed by atoms with E-state index in [9.17, 15) is 4.79 Å². The van der Waals surface area contributed by atoms with Crippen LogP contribution in [0, 0.1) is 0 Å². The molecular weight excluding hydrogens is 226 g/mol. The monoisotopic (exact) mass is 239 g/mol. The van der Waals surface area contributed by atoms with E-state index in [-0.39, 0.29) is 5.78 Å². The number of nitrogen functional groups attached to an aromatic ring is 1. The number of azo groups is 1. The lowest BCUT2D eigenvalue weighted by molar-refractivity contribution is 0.101. The van der Waals surface area contributed by atoms with Gasteiger partial charge in [0.25, 0.3) is 0 Å². The Balaban J connectivity index is 2.27. The summed E-state index contributed by atoms with van der Waals surface area (Å²) in [5.74, 6) is 0.00581. The van der Waals surface area contributed by atoms with Crippen LogP contribution < -0.4 is 5.73 Å². The van der Waals surface area contributed by atoms with Gasteiger partial charge >= 0.3 is 0 Å². The molecule has 0 amide bonds. The summed E-state index contributed by atoms with van der Waals surface area (Å²) in [6, 6.07) is 14.2. The van der Waals surface area contributed by atoms with Gasteiger partial charge in [0, 0.05) is 5.56 Å². The number of rotatable bonds is 3. The summed E-state index contributed by atoms with van der Waals surface area (Å²) in [6.07, 6.45) is 0. The number of hydrogen-bond donors (Lipinski definition) is 1. The first-order chi connectivity index (χ1) is 8.66. The Kier molecular flexibility index (Phi) is 3.48. The van der Waals surface area contributed by atoms with Gasteiger partial charge in [-0.05, 0) is 31.2 Å². The zero-order valence-electron chi connectivity index (χ0n) is 10.00. The quantitative estimate of drug-likeness (QED) is 0.501. The molecule has 0 spiro atoms. The molecule has 18 heavy (non-hydrogen) atoms. The second-order valence-electron chi connectivity index (χ2n) is 3.87. The van der Waals surface area contributed by atoms with Gasteiger partial charge < -0.3 is 5.73 Å². The van der Waals surface area contributed by atoms with Crippen LogP contribution in [0.4, 0.5) is 17.1 Å². The number of hydrogen-bond acceptors (Lipinski definition) is 4. The van der Waals surface area contributed by atoms with Crippen LogP contribution >= 0.6 is 0 Å². The van der Waals surface area contributed by atoms with Crippen molar-refractivity contribution in [2.75, 3.05) is 5.73 Å². The third-order valence-corrected chi connectivity index (χ3v) is 2.46. The highest BCUT2D eigenvalue weighted by Crippen LogP contribution is 2.24. The SMILES string of the molecule is CC(=O)c1cccc(/N=N/c2ccccc2N)c1. The fourth-order valence-corrected chi connectivity index (χ4v) is 1.48. The van der Waals surface area contributed by atoms with Crippen molar-refractivity contribution in [1.29, 1.82) is 0 Å². The van der Waals surface area contributed by atoms with Crippen LogP contribution in [0.1, 0.15) is 17.3 Å². The highest BCUT2D eigenvalue weighted by Gasteiger charge is 2.00. The van der Waals surface area contributed by atoms with Crippen molar-refractivity contribution in [1.82, 2.24) is 0 Å². The fourth-order valence-electron chi connectivity index (χ4n) is 1.48. The minimum Gasteiger partial charge on any atom is -0.397 e. The summed E-state index contributed by atoms with van der Waals surface area (Å²) in [6.45, 7) is 1.52. The standard InChI is InChI=1S/C14H13N3O/c1-10(18)11-5-4-6-12(9-11)16-17-14-8-3-2-7-13(14)15/h2-9H,15H2,1H3/b17-16+. The number of nitrogens with two attached hydrogens (primary N) is 1. The van der Waals surface area contributed by atoms with Crippen LogP contribution in [0.25, 0.3) is 0 Å². The first-order valence-electron chi connectivity index (χ1n) is 5.54. The van der Waals surface area contributed by atoms with Crippen molar-refractivity contribution < 1.29 is 4.79 Å². The maximum Gasteiger partial charge on any atom is 0.159 e. The Morgan fingerprint density at radius 2 is 1.83 bits per heavy atom. The van der Waals surface area contributed by atoms with Crippen molar-refractivity contribution in [2.45, 2.75) is 6.92 Å². The average Bonchev–Trinajstić information content (AvgIpc) is 2.38. The number of Topliss-reactive ketones (excluding diaryl/α,β-unsaturated/α-hetero) is 1.